The molecule has 1 atom stereocenters. The summed E-state index contributed by atoms with van der Waals surface area (Å²) in [6.45, 7) is 3.32. The van der Waals surface area contributed by atoms with Gasteiger partial charge in [-0.1, -0.05) is 0 Å². The van der Waals surface area contributed by atoms with Crippen molar-refractivity contribution in [3.63, 3.8) is 0 Å². The zero-order valence-electron chi connectivity index (χ0n) is 8.57. The Morgan fingerprint density at radius 2 is 1.64 bits per heavy atom. The highest BCUT2D eigenvalue weighted by Gasteiger charge is 2.09. The first-order chi connectivity index (χ1) is 6.43. The number of nitrogens with zero attached hydrogens (tertiary/aromatic N) is 3. The van der Waals surface area contributed by atoms with Crippen LogP contribution in [0, 0.1) is 13.8 Å². The smallest absolute Gasteiger partial charge is 0.225 e. The summed E-state index contributed by atoms with van der Waals surface area (Å²) in [6, 6.07) is 0. The van der Waals surface area contributed by atoms with E-state index in [0.29, 0.717) is 17.3 Å². The molecule has 78 valence electrons. The Morgan fingerprint density at radius 3 is 1.93 bits per heavy atom. The van der Waals surface area contributed by atoms with Crippen molar-refractivity contribution < 1.29 is 8.76 Å². The van der Waals surface area contributed by atoms with E-state index in [9.17, 15) is 8.76 Å². The summed E-state index contributed by atoms with van der Waals surface area (Å²) in [5.41, 5.74) is 0.962. The minimum absolute atomic E-state index is 0.190. The molecular formula is C8H12N3O2S-. The van der Waals surface area contributed by atoms with Crippen LogP contribution in [0.2, 0.25) is 0 Å². The molecular weight excluding hydrogens is 202 g/mol. The summed E-state index contributed by atoms with van der Waals surface area (Å²) in [7, 11) is 3.62. The van der Waals surface area contributed by atoms with E-state index in [1.807, 2.05) is 14.1 Å². The van der Waals surface area contributed by atoms with E-state index in [1.54, 1.807) is 18.7 Å². The molecule has 0 aliphatic heterocycles. The molecule has 0 N–H and O–H groups in total. The number of rotatable bonds is 2. The molecule has 0 aromatic carbocycles. The Labute approximate surface area is 85.5 Å². The number of anilines is 1. The predicted octanol–water partition coefficient (Wildman–Crippen LogP) is 0.397. The van der Waals surface area contributed by atoms with Gasteiger partial charge in [-0.15, -0.1) is 0 Å². The van der Waals surface area contributed by atoms with Crippen molar-refractivity contribution in [1.82, 2.24) is 9.97 Å². The standard InChI is InChI=1S/C8H13N3O2S/c1-5-7(14(12)13)6(2)10-8(9-5)11(3)4/h1-4H3,(H,12,13)/p-1. The third-order valence-electron chi connectivity index (χ3n) is 1.76. The topological polar surface area (TPSA) is 69.2 Å². The van der Waals surface area contributed by atoms with Crippen LogP contribution in [-0.4, -0.2) is 32.8 Å². The summed E-state index contributed by atoms with van der Waals surface area (Å²) in [5.74, 6) is 0.522. The van der Waals surface area contributed by atoms with Gasteiger partial charge in [0.1, 0.15) is 0 Å². The highest BCUT2D eigenvalue weighted by atomic mass is 32.2. The van der Waals surface area contributed by atoms with Crippen LogP contribution in [0.4, 0.5) is 5.95 Å². The van der Waals surface area contributed by atoms with Gasteiger partial charge in [0, 0.05) is 14.1 Å². The Hall–Kier alpha value is -1.01. The molecule has 1 heterocycles. The summed E-state index contributed by atoms with van der Waals surface area (Å²) >= 11 is -2.27. The molecule has 5 nitrogen and oxygen atoms in total. The zero-order valence-corrected chi connectivity index (χ0v) is 9.38. The molecule has 6 heteroatoms. The van der Waals surface area contributed by atoms with Crippen LogP contribution in [-0.2, 0) is 11.1 Å². The van der Waals surface area contributed by atoms with Crippen molar-refractivity contribution in [2.75, 3.05) is 19.0 Å². The quantitative estimate of drug-likeness (QED) is 0.666. The van der Waals surface area contributed by atoms with Crippen LogP contribution in [0.3, 0.4) is 0 Å². The number of aryl methyl sites for hydroxylation is 2. The number of hydrogen-bond donors (Lipinski definition) is 0. The van der Waals surface area contributed by atoms with Gasteiger partial charge in [0.25, 0.3) is 0 Å². The van der Waals surface area contributed by atoms with Gasteiger partial charge in [-0.2, -0.15) is 0 Å². The van der Waals surface area contributed by atoms with Crippen molar-refractivity contribution in [2.24, 2.45) is 0 Å². The zero-order chi connectivity index (χ0) is 10.9. The van der Waals surface area contributed by atoms with E-state index in [1.165, 1.54) is 0 Å². The molecule has 0 saturated heterocycles. The average molecular weight is 214 g/mol. The molecule has 0 aliphatic carbocycles. The van der Waals surface area contributed by atoms with Crippen LogP contribution < -0.4 is 4.90 Å². The fraction of sp³-hybridized carbons (Fsp3) is 0.500. The van der Waals surface area contributed by atoms with E-state index in [4.69, 9.17) is 0 Å². The first-order valence-corrected chi connectivity index (χ1v) is 5.12. The van der Waals surface area contributed by atoms with E-state index >= 15 is 0 Å². The second kappa shape index (κ2) is 4.02. The molecule has 0 bridgehead atoms. The van der Waals surface area contributed by atoms with E-state index in [-0.39, 0.29) is 4.90 Å². The number of aromatic nitrogens is 2. The van der Waals surface area contributed by atoms with Gasteiger partial charge in [-0.25, -0.2) is 9.97 Å². The monoisotopic (exact) mass is 214 g/mol. The molecule has 0 saturated carbocycles. The van der Waals surface area contributed by atoms with Crippen LogP contribution in [0.15, 0.2) is 4.90 Å². The lowest BCUT2D eigenvalue weighted by Gasteiger charge is -2.15. The van der Waals surface area contributed by atoms with Crippen LogP contribution in [0.25, 0.3) is 0 Å². The third-order valence-corrected chi connectivity index (χ3v) is 2.68. The second-order valence-electron chi connectivity index (χ2n) is 3.15. The summed E-state index contributed by atoms with van der Waals surface area (Å²) in [4.78, 5) is 10.1. The minimum atomic E-state index is -2.27. The molecule has 1 aromatic heterocycles. The summed E-state index contributed by atoms with van der Waals surface area (Å²) in [6.07, 6.45) is 0. The van der Waals surface area contributed by atoms with E-state index in [2.05, 4.69) is 9.97 Å². The summed E-state index contributed by atoms with van der Waals surface area (Å²) < 4.78 is 21.7. The first kappa shape index (κ1) is 11.1. The lowest BCUT2D eigenvalue weighted by molar-refractivity contribution is 0.534. The first-order valence-electron chi connectivity index (χ1n) is 4.05. The van der Waals surface area contributed by atoms with Crippen molar-refractivity contribution in [1.29, 1.82) is 0 Å². The van der Waals surface area contributed by atoms with Crippen LogP contribution in [0.1, 0.15) is 11.4 Å². The SMILES string of the molecule is Cc1nc(N(C)C)nc(C)c1S(=O)[O-]. The Balaban J connectivity index is 3.32. The van der Waals surface area contributed by atoms with Crippen molar-refractivity contribution in [2.45, 2.75) is 18.7 Å². The highest BCUT2D eigenvalue weighted by molar-refractivity contribution is 7.79. The lowest BCUT2D eigenvalue weighted by Crippen LogP contribution is -2.15. The summed E-state index contributed by atoms with van der Waals surface area (Å²) in [5, 5.41) is 0. The van der Waals surface area contributed by atoms with Gasteiger partial charge in [0.2, 0.25) is 5.95 Å². The third kappa shape index (κ3) is 2.08. The van der Waals surface area contributed by atoms with Crippen molar-refractivity contribution in [3.05, 3.63) is 11.4 Å². The normalized spacial score (nSPS) is 12.6. The molecule has 1 unspecified atom stereocenters. The largest absolute Gasteiger partial charge is 0.768 e. The molecule has 1 rings (SSSR count). The maximum absolute atomic E-state index is 10.8. The van der Waals surface area contributed by atoms with Gasteiger partial charge in [0.05, 0.1) is 16.3 Å². The average Bonchev–Trinajstić information content (AvgIpc) is 2.01. The Morgan fingerprint density at radius 1 is 1.21 bits per heavy atom. The molecule has 0 spiro atoms. The highest BCUT2D eigenvalue weighted by Crippen LogP contribution is 2.16. The molecule has 0 amide bonds. The van der Waals surface area contributed by atoms with Gasteiger partial charge in [-0.05, 0) is 24.9 Å². The molecule has 1 aromatic rings. The number of hydrogen-bond acceptors (Lipinski definition) is 5. The van der Waals surface area contributed by atoms with Crippen molar-refractivity contribution in [3.8, 4) is 0 Å². The van der Waals surface area contributed by atoms with E-state index in [0.717, 1.165) is 0 Å². The predicted molar refractivity (Wildman–Crippen MR) is 53.0 cm³/mol. The Bertz CT molecular complexity index is 356. The fourth-order valence-corrected chi connectivity index (χ4v) is 1.70. The van der Waals surface area contributed by atoms with Crippen molar-refractivity contribution >= 4 is 17.0 Å². The van der Waals surface area contributed by atoms with Gasteiger partial charge >= 0.3 is 0 Å². The molecule has 0 fully saturated rings. The van der Waals surface area contributed by atoms with E-state index < -0.39 is 11.1 Å². The molecule has 0 radical (unpaired) electrons. The van der Waals surface area contributed by atoms with Crippen LogP contribution in [0.5, 0.6) is 0 Å². The van der Waals surface area contributed by atoms with Gasteiger partial charge in [-0.3, -0.25) is 4.21 Å². The minimum Gasteiger partial charge on any atom is -0.768 e. The second-order valence-corrected chi connectivity index (χ2v) is 4.03. The van der Waals surface area contributed by atoms with Gasteiger partial charge < -0.3 is 9.45 Å². The Kier molecular flexibility index (Phi) is 3.17. The van der Waals surface area contributed by atoms with Gasteiger partial charge in [0.15, 0.2) is 0 Å². The van der Waals surface area contributed by atoms with Crippen LogP contribution >= 0.6 is 0 Å². The maximum Gasteiger partial charge on any atom is 0.225 e. The molecule has 14 heavy (non-hydrogen) atoms. The fourth-order valence-electron chi connectivity index (χ4n) is 1.13. The maximum atomic E-state index is 10.8. The molecule has 0 aliphatic rings. The lowest BCUT2D eigenvalue weighted by atomic mass is 10.3.